The van der Waals surface area contributed by atoms with E-state index in [1.165, 1.54) is 199 Å². The van der Waals surface area contributed by atoms with E-state index >= 15 is 0 Å². The molecule has 0 aromatic carbocycles. The van der Waals surface area contributed by atoms with Crippen LogP contribution in [0, 0.1) is 11.8 Å². The summed E-state index contributed by atoms with van der Waals surface area (Å²) >= 11 is 0. The van der Waals surface area contributed by atoms with Crippen molar-refractivity contribution in [3.8, 4) is 0 Å². The average molecular weight is 860 g/mol. The standard InChI is InChI=1S/C55H109N3O3/c1-6-11-16-20-24-28-32-38-52(39-33-29-25-21-17-12-7-2)41-46-57(44-35-31-27-23-19-14-9-4)51-54(59)58-47-42-53(50-58)49-56(43-34-30-26-22-18-13-8-3)45-37-40-55(60)61-48-36-15-10-5/h52-53H,6-51H2,1-5H3. The van der Waals surface area contributed by atoms with E-state index in [1.807, 2.05) is 0 Å². The first-order chi connectivity index (χ1) is 30.0. The quantitative estimate of drug-likeness (QED) is 0.0451. The van der Waals surface area contributed by atoms with Crippen LogP contribution in [-0.2, 0) is 14.3 Å². The SMILES string of the molecule is CCCCCCCCCC(CCCCCCCCC)CCN(CCCCCCCCC)CC(=O)N1CCC(CN(CCCCCCCCC)CCCC(=O)OCCCCC)C1. The summed E-state index contributed by atoms with van der Waals surface area (Å²) in [6, 6.07) is 0. The van der Waals surface area contributed by atoms with Crippen LogP contribution in [0.2, 0.25) is 0 Å². The minimum atomic E-state index is -0.0346. The van der Waals surface area contributed by atoms with E-state index in [1.54, 1.807) is 0 Å². The third-order valence-corrected chi connectivity index (χ3v) is 13.8. The van der Waals surface area contributed by atoms with Gasteiger partial charge >= 0.3 is 5.97 Å². The highest BCUT2D eigenvalue weighted by Crippen LogP contribution is 2.24. The summed E-state index contributed by atoms with van der Waals surface area (Å²) in [5, 5.41) is 0. The Bertz CT molecular complexity index is 927. The summed E-state index contributed by atoms with van der Waals surface area (Å²) in [5.74, 6) is 1.66. The lowest BCUT2D eigenvalue weighted by Gasteiger charge is -2.28. The summed E-state index contributed by atoms with van der Waals surface area (Å²) in [6.45, 7) is 19.6. The van der Waals surface area contributed by atoms with Gasteiger partial charge in [-0.05, 0) is 76.5 Å². The summed E-state index contributed by atoms with van der Waals surface area (Å²) in [6.07, 6.45) is 47.7. The van der Waals surface area contributed by atoms with Crippen LogP contribution in [0.3, 0.4) is 0 Å². The minimum Gasteiger partial charge on any atom is -0.466 e. The van der Waals surface area contributed by atoms with Gasteiger partial charge in [-0.2, -0.15) is 0 Å². The van der Waals surface area contributed by atoms with Gasteiger partial charge in [0, 0.05) is 26.1 Å². The van der Waals surface area contributed by atoms with Crippen molar-refractivity contribution in [1.29, 1.82) is 0 Å². The highest BCUT2D eigenvalue weighted by atomic mass is 16.5. The van der Waals surface area contributed by atoms with Crippen molar-refractivity contribution >= 4 is 11.9 Å². The second-order valence-electron chi connectivity index (χ2n) is 19.8. The van der Waals surface area contributed by atoms with E-state index in [9.17, 15) is 9.59 Å². The monoisotopic (exact) mass is 860 g/mol. The van der Waals surface area contributed by atoms with Gasteiger partial charge in [0.15, 0.2) is 0 Å². The van der Waals surface area contributed by atoms with Crippen LogP contribution in [0.4, 0.5) is 0 Å². The molecule has 0 spiro atoms. The maximum Gasteiger partial charge on any atom is 0.305 e. The Morgan fingerprint density at radius 3 is 1.43 bits per heavy atom. The molecule has 0 N–H and O–H groups in total. The largest absolute Gasteiger partial charge is 0.466 e. The van der Waals surface area contributed by atoms with Crippen molar-refractivity contribution in [2.24, 2.45) is 11.8 Å². The molecule has 1 aliphatic heterocycles. The number of hydrogen-bond acceptors (Lipinski definition) is 5. The maximum atomic E-state index is 14.1. The molecule has 1 heterocycles. The van der Waals surface area contributed by atoms with E-state index in [0.29, 0.717) is 31.4 Å². The van der Waals surface area contributed by atoms with Crippen LogP contribution in [0.15, 0.2) is 0 Å². The molecule has 1 saturated heterocycles. The van der Waals surface area contributed by atoms with Crippen LogP contribution < -0.4 is 0 Å². The highest BCUT2D eigenvalue weighted by Gasteiger charge is 2.29. The van der Waals surface area contributed by atoms with Crippen LogP contribution >= 0.6 is 0 Å². The second kappa shape index (κ2) is 44.1. The van der Waals surface area contributed by atoms with Crippen LogP contribution in [0.1, 0.15) is 272 Å². The van der Waals surface area contributed by atoms with Crippen molar-refractivity contribution in [1.82, 2.24) is 14.7 Å². The molecule has 1 fully saturated rings. The van der Waals surface area contributed by atoms with Crippen LogP contribution in [0.25, 0.3) is 0 Å². The fourth-order valence-electron chi connectivity index (χ4n) is 9.65. The van der Waals surface area contributed by atoms with Gasteiger partial charge in [-0.15, -0.1) is 0 Å². The molecule has 1 rings (SSSR count). The third kappa shape index (κ3) is 35.8. The van der Waals surface area contributed by atoms with E-state index < -0.39 is 0 Å². The first-order valence-corrected chi connectivity index (χ1v) is 27.8. The molecule has 61 heavy (non-hydrogen) atoms. The van der Waals surface area contributed by atoms with Crippen LogP contribution in [-0.4, -0.2) is 85.5 Å². The number of hydrogen-bond donors (Lipinski definition) is 0. The van der Waals surface area contributed by atoms with E-state index in [0.717, 1.165) is 83.8 Å². The molecule has 362 valence electrons. The molecule has 6 heteroatoms. The highest BCUT2D eigenvalue weighted by molar-refractivity contribution is 5.78. The number of amides is 1. The summed E-state index contributed by atoms with van der Waals surface area (Å²) in [4.78, 5) is 34.0. The Morgan fingerprint density at radius 2 is 0.918 bits per heavy atom. The van der Waals surface area contributed by atoms with E-state index in [2.05, 4.69) is 49.3 Å². The second-order valence-corrected chi connectivity index (χ2v) is 19.8. The number of unbranched alkanes of at least 4 members (excludes halogenated alkanes) is 26. The number of carbonyl (C=O) groups excluding carboxylic acids is 2. The zero-order valence-corrected chi connectivity index (χ0v) is 42.2. The molecule has 0 radical (unpaired) electrons. The fraction of sp³-hybridized carbons (Fsp3) is 0.964. The molecule has 0 aromatic heterocycles. The first kappa shape index (κ1) is 57.9. The van der Waals surface area contributed by atoms with E-state index in [4.69, 9.17) is 4.74 Å². The normalized spacial score (nSPS) is 14.4. The van der Waals surface area contributed by atoms with Crippen molar-refractivity contribution in [2.75, 3.05) is 59.0 Å². The molecule has 1 amide bonds. The zero-order valence-electron chi connectivity index (χ0n) is 42.2. The lowest BCUT2D eigenvalue weighted by Crippen LogP contribution is -2.41. The van der Waals surface area contributed by atoms with Gasteiger partial charge in [0.05, 0.1) is 13.2 Å². The number of esters is 1. The fourth-order valence-corrected chi connectivity index (χ4v) is 9.65. The molecule has 1 unspecified atom stereocenters. The van der Waals surface area contributed by atoms with E-state index in [-0.39, 0.29) is 5.97 Å². The Kier molecular flexibility index (Phi) is 41.8. The van der Waals surface area contributed by atoms with Gasteiger partial charge in [-0.3, -0.25) is 14.5 Å². The van der Waals surface area contributed by atoms with Crippen LogP contribution in [0.5, 0.6) is 0 Å². The van der Waals surface area contributed by atoms with Gasteiger partial charge in [0.2, 0.25) is 5.91 Å². The summed E-state index contributed by atoms with van der Waals surface area (Å²) in [7, 11) is 0. The minimum absolute atomic E-state index is 0.0346. The molecular weight excluding hydrogens is 751 g/mol. The predicted molar refractivity (Wildman–Crippen MR) is 267 cm³/mol. The number of carbonyl (C=O) groups is 2. The van der Waals surface area contributed by atoms with Gasteiger partial charge in [0.25, 0.3) is 0 Å². The lowest BCUT2D eigenvalue weighted by molar-refractivity contribution is -0.144. The number of likely N-dealkylation sites (tertiary alicyclic amines) is 1. The Labute approximate surface area is 382 Å². The van der Waals surface area contributed by atoms with Crippen molar-refractivity contribution in [3.63, 3.8) is 0 Å². The van der Waals surface area contributed by atoms with Gasteiger partial charge in [-0.25, -0.2) is 0 Å². The van der Waals surface area contributed by atoms with Gasteiger partial charge in [0.1, 0.15) is 0 Å². The van der Waals surface area contributed by atoms with Gasteiger partial charge < -0.3 is 14.5 Å². The Morgan fingerprint density at radius 1 is 0.492 bits per heavy atom. The molecule has 0 aromatic rings. The maximum absolute atomic E-state index is 14.1. The third-order valence-electron chi connectivity index (χ3n) is 13.8. The lowest BCUT2D eigenvalue weighted by atomic mass is 9.91. The van der Waals surface area contributed by atoms with Crippen molar-refractivity contribution < 1.29 is 14.3 Å². The molecule has 0 bridgehead atoms. The molecule has 1 aliphatic rings. The molecular formula is C55H109N3O3. The number of rotatable bonds is 47. The smallest absolute Gasteiger partial charge is 0.305 e. The Hall–Kier alpha value is -1.14. The first-order valence-electron chi connectivity index (χ1n) is 27.8. The predicted octanol–water partition coefficient (Wildman–Crippen LogP) is 15.7. The average Bonchev–Trinajstić information content (AvgIpc) is 3.73. The molecule has 1 atom stereocenters. The Balaban J connectivity index is 2.82. The molecule has 6 nitrogen and oxygen atoms in total. The zero-order chi connectivity index (χ0) is 44.3. The summed E-state index contributed by atoms with van der Waals surface area (Å²) in [5.41, 5.74) is 0. The molecule has 0 aliphatic carbocycles. The van der Waals surface area contributed by atoms with Crippen molar-refractivity contribution in [2.45, 2.75) is 272 Å². The number of nitrogens with zero attached hydrogens (tertiary/aromatic N) is 3. The molecule has 0 saturated carbocycles. The summed E-state index contributed by atoms with van der Waals surface area (Å²) < 4.78 is 5.53. The number of ether oxygens (including phenoxy) is 1. The topological polar surface area (TPSA) is 53.1 Å². The van der Waals surface area contributed by atoms with Crippen molar-refractivity contribution in [3.05, 3.63) is 0 Å². The van der Waals surface area contributed by atoms with Gasteiger partial charge in [-0.1, -0.05) is 227 Å².